The lowest BCUT2D eigenvalue weighted by Gasteiger charge is -2.54. The molecule has 3 saturated heterocycles. The van der Waals surface area contributed by atoms with Crippen molar-refractivity contribution in [2.45, 2.75) is 63.3 Å². The van der Waals surface area contributed by atoms with Crippen LogP contribution in [0.3, 0.4) is 0 Å². The van der Waals surface area contributed by atoms with Crippen molar-refractivity contribution in [1.29, 1.82) is 0 Å². The first-order valence-corrected chi connectivity index (χ1v) is 16.2. The third kappa shape index (κ3) is 5.51. The zero-order chi connectivity index (χ0) is 27.4. The van der Waals surface area contributed by atoms with Crippen molar-refractivity contribution in [3.63, 3.8) is 0 Å². The van der Waals surface area contributed by atoms with Gasteiger partial charge < -0.3 is 9.64 Å². The van der Waals surface area contributed by atoms with E-state index in [0.717, 1.165) is 56.3 Å². The van der Waals surface area contributed by atoms with E-state index in [2.05, 4.69) is 20.7 Å². The number of rotatable bonds is 6. The maximum absolute atomic E-state index is 12.0. The molecule has 0 bridgehead atoms. The van der Waals surface area contributed by atoms with Crippen LogP contribution in [-0.2, 0) is 14.8 Å². The quantitative estimate of drug-likeness (QED) is 0.518. The monoisotopic (exact) mass is 595 g/mol. The Morgan fingerprint density at radius 2 is 1.79 bits per heavy atom. The number of anilines is 1. The summed E-state index contributed by atoms with van der Waals surface area (Å²) in [6.45, 7) is 4.76. The molecule has 4 aliphatic rings. The first kappa shape index (κ1) is 27.6. The smallest absolute Gasteiger partial charge is 0.225 e. The highest BCUT2D eigenvalue weighted by Crippen LogP contribution is 2.43. The minimum Gasteiger partial charge on any atom is -0.370 e. The second kappa shape index (κ2) is 10.7. The molecule has 4 unspecified atom stereocenters. The Morgan fingerprint density at radius 1 is 1.08 bits per heavy atom. The summed E-state index contributed by atoms with van der Waals surface area (Å²) in [6, 6.07) is 0.445. The molecule has 0 radical (unpaired) electrons. The molecule has 0 aromatic carbocycles. The molecule has 3 aliphatic heterocycles. The molecule has 1 spiro atoms. The highest BCUT2D eigenvalue weighted by atomic mass is 35.5. The fraction of sp³-hybridized carbons (Fsp3) is 0.654. The lowest BCUT2D eigenvalue weighted by atomic mass is 9.74. The van der Waals surface area contributed by atoms with Crippen LogP contribution in [0, 0.1) is 11.3 Å². The lowest BCUT2D eigenvalue weighted by Crippen LogP contribution is -2.64. The highest BCUT2D eigenvalue weighted by Gasteiger charge is 2.48. The Balaban J connectivity index is 1.08. The normalized spacial score (nSPS) is 29.7. The summed E-state index contributed by atoms with van der Waals surface area (Å²) < 4.78 is 32.2. The summed E-state index contributed by atoms with van der Waals surface area (Å²) in [5.74, 6) is 1.04. The number of piperidine rings is 1. The van der Waals surface area contributed by atoms with E-state index in [4.69, 9.17) is 37.9 Å². The predicted octanol–water partition coefficient (Wildman–Crippen LogP) is 3.50. The zero-order valence-corrected chi connectivity index (χ0v) is 24.5. The van der Waals surface area contributed by atoms with Crippen molar-refractivity contribution in [3.05, 3.63) is 46.0 Å². The van der Waals surface area contributed by atoms with Crippen LogP contribution in [0.15, 0.2) is 24.8 Å². The molecule has 2 aromatic rings. The minimum absolute atomic E-state index is 0.00642. The Hall–Kier alpha value is -1.60. The van der Waals surface area contributed by atoms with E-state index < -0.39 is 10.0 Å². The van der Waals surface area contributed by atoms with E-state index in [1.807, 2.05) is 19.3 Å². The molecule has 10 nitrogen and oxygen atoms in total. The lowest BCUT2D eigenvalue weighted by molar-refractivity contribution is -0.0370. The van der Waals surface area contributed by atoms with Crippen molar-refractivity contribution in [2.24, 2.45) is 11.3 Å². The molecule has 0 amide bonds. The molecule has 5 heterocycles. The molecular weight excluding hydrogens is 561 g/mol. The van der Waals surface area contributed by atoms with Gasteiger partial charge in [-0.1, -0.05) is 23.2 Å². The predicted molar refractivity (Wildman–Crippen MR) is 150 cm³/mol. The van der Waals surface area contributed by atoms with E-state index >= 15 is 0 Å². The van der Waals surface area contributed by atoms with Gasteiger partial charge in [0, 0.05) is 73.6 Å². The molecule has 1 aliphatic carbocycles. The van der Waals surface area contributed by atoms with Crippen molar-refractivity contribution in [2.75, 3.05) is 37.3 Å². The molecule has 39 heavy (non-hydrogen) atoms. The van der Waals surface area contributed by atoms with E-state index in [0.29, 0.717) is 41.0 Å². The first-order chi connectivity index (χ1) is 18.6. The number of ether oxygens (including phenoxy) is 1. The molecule has 13 heteroatoms. The Morgan fingerprint density at radius 3 is 2.49 bits per heavy atom. The second-order valence-corrected chi connectivity index (χ2v) is 14.4. The van der Waals surface area contributed by atoms with E-state index in [1.165, 1.54) is 6.26 Å². The largest absolute Gasteiger partial charge is 0.370 e. The summed E-state index contributed by atoms with van der Waals surface area (Å²) in [6.07, 6.45) is 13.0. The topological polar surface area (TPSA) is 113 Å². The fourth-order valence-corrected chi connectivity index (χ4v) is 8.54. The first-order valence-electron chi connectivity index (χ1n) is 13.6. The van der Waals surface area contributed by atoms with Crippen LogP contribution in [0.1, 0.15) is 62.3 Å². The highest BCUT2D eigenvalue weighted by molar-refractivity contribution is 7.88. The van der Waals surface area contributed by atoms with Crippen molar-refractivity contribution >= 4 is 39.2 Å². The van der Waals surface area contributed by atoms with Crippen LogP contribution in [0.5, 0.6) is 0 Å². The van der Waals surface area contributed by atoms with Crippen LogP contribution in [0.2, 0.25) is 10.0 Å². The Labute approximate surface area is 239 Å². The van der Waals surface area contributed by atoms with Crippen LogP contribution in [0.25, 0.3) is 0 Å². The molecule has 2 N–H and O–H groups in total. The number of fused-ring (bicyclic) bond motifs is 1. The van der Waals surface area contributed by atoms with Gasteiger partial charge in [0.2, 0.25) is 16.0 Å². The molecule has 6 rings (SSSR count). The van der Waals surface area contributed by atoms with E-state index in [1.54, 1.807) is 16.7 Å². The number of sulfonamides is 1. The minimum atomic E-state index is -3.16. The number of hydrazine groups is 1. The molecule has 212 valence electrons. The number of nitrogens with zero attached hydrogens (tertiary/aromatic N) is 5. The van der Waals surface area contributed by atoms with Gasteiger partial charge >= 0.3 is 0 Å². The van der Waals surface area contributed by atoms with Gasteiger partial charge in [0.05, 0.1) is 34.6 Å². The van der Waals surface area contributed by atoms with Gasteiger partial charge in [-0.05, 0) is 44.9 Å². The molecular formula is C26H35Cl2N7O3S. The number of hydrogen-bond donors (Lipinski definition) is 2. The maximum atomic E-state index is 12.0. The van der Waals surface area contributed by atoms with Gasteiger partial charge in [-0.25, -0.2) is 28.1 Å². The third-order valence-electron chi connectivity index (χ3n) is 8.85. The number of pyridine rings is 1. The van der Waals surface area contributed by atoms with Crippen LogP contribution in [-0.4, -0.2) is 72.3 Å². The fourth-order valence-electron chi connectivity index (χ4n) is 6.90. The summed E-state index contributed by atoms with van der Waals surface area (Å²) in [7, 11) is -3.16. The van der Waals surface area contributed by atoms with E-state index in [9.17, 15) is 8.42 Å². The van der Waals surface area contributed by atoms with Gasteiger partial charge in [-0.2, -0.15) is 0 Å². The summed E-state index contributed by atoms with van der Waals surface area (Å²) in [5.41, 5.74) is 8.77. The van der Waals surface area contributed by atoms with Crippen molar-refractivity contribution in [1.82, 2.24) is 30.1 Å². The van der Waals surface area contributed by atoms with E-state index in [-0.39, 0.29) is 23.7 Å². The Kier molecular flexibility index (Phi) is 7.54. The molecule has 5 atom stereocenters. The average Bonchev–Trinajstić information content (AvgIpc) is 3.30. The van der Waals surface area contributed by atoms with Gasteiger partial charge in [0.15, 0.2) is 0 Å². The number of halogens is 2. The van der Waals surface area contributed by atoms with Crippen molar-refractivity contribution < 1.29 is 13.2 Å². The summed E-state index contributed by atoms with van der Waals surface area (Å²) in [5, 5.41) is 1.04. The SMILES string of the molecule is C[C@@H](OC1CCC2NNC(c3cnc(N4CC5(CCCN(S(C)(=O)=O)C5)C4)nc3)C2C1)c1c(Cl)cncc1Cl. The van der Waals surface area contributed by atoms with Crippen molar-refractivity contribution in [3.8, 4) is 0 Å². The standard InChI is InChI=1S/C26H35Cl2N7O3S/c1-16(23-20(27)11-29-12-21(23)28)38-18-4-5-22-19(8-18)24(33-32-22)17-9-30-25(31-10-17)34-13-26(14-34)6-3-7-35(15-26)39(2,36)37/h9-12,16,18-19,22,24,32-33H,3-8,13-15H2,1-2H3/t16-,18?,19?,22?,24?/m1/s1. The molecule has 1 saturated carbocycles. The van der Waals surface area contributed by atoms with Gasteiger partial charge in [0.25, 0.3) is 0 Å². The number of nitrogens with one attached hydrogen (secondary N) is 2. The molecule has 4 fully saturated rings. The average molecular weight is 597 g/mol. The van der Waals surface area contributed by atoms with Crippen LogP contribution < -0.4 is 15.8 Å². The van der Waals surface area contributed by atoms with Gasteiger partial charge in [0.1, 0.15) is 0 Å². The summed E-state index contributed by atoms with van der Waals surface area (Å²) in [4.78, 5) is 15.6. The Bertz CT molecular complexity index is 1290. The number of hydrogen-bond acceptors (Lipinski definition) is 9. The van der Waals surface area contributed by atoms with Crippen LogP contribution in [0.4, 0.5) is 5.95 Å². The zero-order valence-electron chi connectivity index (χ0n) is 22.2. The maximum Gasteiger partial charge on any atom is 0.225 e. The van der Waals surface area contributed by atoms with Gasteiger partial charge in [-0.15, -0.1) is 0 Å². The van der Waals surface area contributed by atoms with Crippen LogP contribution >= 0.6 is 23.2 Å². The molecule has 2 aromatic heterocycles. The second-order valence-electron chi connectivity index (χ2n) is 11.6. The van der Waals surface area contributed by atoms with Gasteiger partial charge in [-0.3, -0.25) is 10.4 Å². The summed E-state index contributed by atoms with van der Waals surface area (Å²) >= 11 is 12.7. The number of aromatic nitrogens is 3. The third-order valence-corrected chi connectivity index (χ3v) is 10.7.